The average Bonchev–Trinajstić information content (AvgIpc) is 2.34. The topological polar surface area (TPSA) is 55.6 Å². The second-order valence-electron chi connectivity index (χ2n) is 5.01. The molecule has 1 aromatic carbocycles. The molecular weight excluding hydrogens is 247 g/mol. The lowest BCUT2D eigenvalue weighted by atomic mass is 10.0. The molecule has 2 N–H and O–H groups in total. The molecule has 1 aromatic rings. The van der Waals surface area contributed by atoms with Crippen molar-refractivity contribution in [1.82, 2.24) is 4.90 Å². The van der Waals surface area contributed by atoms with Crippen LogP contribution in [0, 0.1) is 5.82 Å². The van der Waals surface area contributed by atoms with E-state index < -0.39 is 11.4 Å². The van der Waals surface area contributed by atoms with E-state index in [4.69, 9.17) is 10.5 Å². The van der Waals surface area contributed by atoms with Crippen LogP contribution < -0.4 is 10.5 Å². The minimum atomic E-state index is -0.930. The zero-order valence-electron chi connectivity index (χ0n) is 11.9. The smallest absolute Gasteiger partial charge is 0.242 e. The van der Waals surface area contributed by atoms with E-state index in [-0.39, 0.29) is 11.7 Å². The summed E-state index contributed by atoms with van der Waals surface area (Å²) in [6.45, 7) is 6.03. The molecule has 0 aliphatic heterocycles. The Bertz CT molecular complexity index is 455. The first-order valence-electron chi connectivity index (χ1n) is 6.20. The molecule has 0 atom stereocenters. The van der Waals surface area contributed by atoms with Crippen molar-refractivity contribution in [2.75, 3.05) is 13.7 Å². The number of hydrogen-bond acceptors (Lipinski definition) is 3. The van der Waals surface area contributed by atoms with Crippen molar-refractivity contribution in [2.45, 2.75) is 32.9 Å². The molecule has 0 fully saturated rings. The second-order valence-corrected chi connectivity index (χ2v) is 5.01. The highest BCUT2D eigenvalue weighted by molar-refractivity contribution is 5.85. The van der Waals surface area contributed by atoms with Gasteiger partial charge >= 0.3 is 0 Å². The minimum Gasteiger partial charge on any atom is -0.494 e. The van der Waals surface area contributed by atoms with E-state index in [1.54, 1.807) is 30.9 Å². The first kappa shape index (κ1) is 15.4. The molecule has 0 saturated heterocycles. The molecule has 0 aliphatic rings. The van der Waals surface area contributed by atoms with Crippen LogP contribution in [0.2, 0.25) is 0 Å². The van der Waals surface area contributed by atoms with Crippen molar-refractivity contribution in [3.63, 3.8) is 0 Å². The van der Waals surface area contributed by atoms with Gasteiger partial charge in [0.15, 0.2) is 11.6 Å². The van der Waals surface area contributed by atoms with E-state index in [2.05, 4.69) is 0 Å². The van der Waals surface area contributed by atoms with E-state index in [1.807, 2.05) is 6.92 Å². The summed E-state index contributed by atoms with van der Waals surface area (Å²) in [7, 11) is 1.41. The molecule has 1 amide bonds. The van der Waals surface area contributed by atoms with Crippen LogP contribution in [0.25, 0.3) is 0 Å². The van der Waals surface area contributed by atoms with Crippen LogP contribution in [0.5, 0.6) is 5.75 Å². The van der Waals surface area contributed by atoms with Gasteiger partial charge in [0.2, 0.25) is 5.91 Å². The first-order valence-corrected chi connectivity index (χ1v) is 6.20. The van der Waals surface area contributed by atoms with Gasteiger partial charge in [0, 0.05) is 13.1 Å². The number of ether oxygens (including phenoxy) is 1. The van der Waals surface area contributed by atoms with E-state index in [0.29, 0.717) is 18.7 Å². The minimum absolute atomic E-state index is 0.161. The maximum Gasteiger partial charge on any atom is 0.242 e. The van der Waals surface area contributed by atoms with Gasteiger partial charge in [-0.15, -0.1) is 0 Å². The summed E-state index contributed by atoms with van der Waals surface area (Å²) in [4.78, 5) is 13.7. The summed E-state index contributed by atoms with van der Waals surface area (Å²) < 4.78 is 18.4. The van der Waals surface area contributed by atoms with Crippen molar-refractivity contribution in [3.8, 4) is 5.75 Å². The standard InChI is InChI=1S/C14H21FN2O2/c1-5-17(13(18)14(2,3)16)9-10-6-7-12(19-4)11(15)8-10/h6-8H,5,9,16H2,1-4H3. The number of benzene rings is 1. The maximum atomic E-state index is 13.6. The fourth-order valence-electron chi connectivity index (χ4n) is 1.76. The van der Waals surface area contributed by atoms with Gasteiger partial charge in [-0.05, 0) is 38.5 Å². The van der Waals surface area contributed by atoms with Gasteiger partial charge < -0.3 is 15.4 Å². The Morgan fingerprint density at radius 3 is 2.53 bits per heavy atom. The van der Waals surface area contributed by atoms with Gasteiger partial charge in [0.25, 0.3) is 0 Å². The fourth-order valence-corrected chi connectivity index (χ4v) is 1.76. The van der Waals surface area contributed by atoms with Crippen LogP contribution in [0.3, 0.4) is 0 Å². The lowest BCUT2D eigenvalue weighted by molar-refractivity contribution is -0.136. The van der Waals surface area contributed by atoms with Gasteiger partial charge in [0.1, 0.15) is 0 Å². The number of methoxy groups -OCH3 is 1. The quantitative estimate of drug-likeness (QED) is 0.887. The molecular formula is C14H21FN2O2. The number of nitrogens with two attached hydrogens (primary N) is 1. The Balaban J connectivity index is 2.88. The number of halogens is 1. The summed E-state index contributed by atoms with van der Waals surface area (Å²) in [5.41, 5.74) is 5.58. The van der Waals surface area contributed by atoms with E-state index in [9.17, 15) is 9.18 Å². The Kier molecular flexibility index (Phi) is 4.89. The number of likely N-dealkylation sites (N-methyl/N-ethyl adjacent to an activating group) is 1. The van der Waals surface area contributed by atoms with Gasteiger partial charge in [0.05, 0.1) is 12.6 Å². The molecule has 4 nitrogen and oxygen atoms in total. The second kappa shape index (κ2) is 6.02. The summed E-state index contributed by atoms with van der Waals surface area (Å²) in [5, 5.41) is 0. The highest BCUT2D eigenvalue weighted by Gasteiger charge is 2.27. The van der Waals surface area contributed by atoms with Gasteiger partial charge in [-0.3, -0.25) is 4.79 Å². The monoisotopic (exact) mass is 268 g/mol. The Hall–Kier alpha value is -1.62. The van der Waals surface area contributed by atoms with E-state index in [0.717, 1.165) is 0 Å². The SMILES string of the molecule is CCN(Cc1ccc(OC)c(F)c1)C(=O)C(C)(C)N. The van der Waals surface area contributed by atoms with E-state index in [1.165, 1.54) is 13.2 Å². The van der Waals surface area contributed by atoms with Crippen LogP contribution in [0.15, 0.2) is 18.2 Å². The van der Waals surface area contributed by atoms with Crippen LogP contribution in [0.4, 0.5) is 4.39 Å². The summed E-state index contributed by atoms with van der Waals surface area (Å²) >= 11 is 0. The van der Waals surface area contributed by atoms with Crippen molar-refractivity contribution >= 4 is 5.91 Å². The number of nitrogens with zero attached hydrogens (tertiary/aromatic N) is 1. The predicted octanol–water partition coefficient (Wildman–Crippen LogP) is 1.92. The third-order valence-electron chi connectivity index (χ3n) is 2.81. The zero-order chi connectivity index (χ0) is 14.6. The van der Waals surface area contributed by atoms with E-state index >= 15 is 0 Å². The van der Waals surface area contributed by atoms with Gasteiger partial charge in [-0.2, -0.15) is 0 Å². The van der Waals surface area contributed by atoms with Crippen molar-refractivity contribution in [3.05, 3.63) is 29.6 Å². The number of amides is 1. The third-order valence-corrected chi connectivity index (χ3v) is 2.81. The van der Waals surface area contributed by atoms with Crippen molar-refractivity contribution in [1.29, 1.82) is 0 Å². The fraction of sp³-hybridized carbons (Fsp3) is 0.500. The molecule has 0 aromatic heterocycles. The zero-order valence-corrected chi connectivity index (χ0v) is 11.9. The molecule has 0 bridgehead atoms. The Morgan fingerprint density at radius 2 is 2.11 bits per heavy atom. The molecule has 0 spiro atoms. The van der Waals surface area contributed by atoms with Crippen LogP contribution >= 0.6 is 0 Å². The van der Waals surface area contributed by atoms with Crippen LogP contribution in [0.1, 0.15) is 26.3 Å². The lowest BCUT2D eigenvalue weighted by Crippen LogP contribution is -2.50. The lowest BCUT2D eigenvalue weighted by Gasteiger charge is -2.28. The van der Waals surface area contributed by atoms with Gasteiger partial charge in [-0.1, -0.05) is 6.07 Å². The molecule has 0 radical (unpaired) electrons. The summed E-state index contributed by atoms with van der Waals surface area (Å²) in [6.07, 6.45) is 0. The molecule has 0 unspecified atom stereocenters. The van der Waals surface area contributed by atoms with Crippen LogP contribution in [-0.2, 0) is 11.3 Å². The number of rotatable bonds is 5. The molecule has 19 heavy (non-hydrogen) atoms. The number of carbonyl (C=O) groups is 1. The normalized spacial score (nSPS) is 11.3. The Labute approximate surface area is 113 Å². The van der Waals surface area contributed by atoms with Crippen molar-refractivity contribution < 1.29 is 13.9 Å². The Morgan fingerprint density at radius 1 is 1.47 bits per heavy atom. The predicted molar refractivity (Wildman–Crippen MR) is 72.3 cm³/mol. The first-order chi connectivity index (χ1) is 8.79. The molecule has 106 valence electrons. The third kappa shape index (κ3) is 3.92. The molecule has 0 saturated carbocycles. The molecule has 5 heteroatoms. The molecule has 0 aliphatic carbocycles. The van der Waals surface area contributed by atoms with Crippen LogP contribution in [-0.4, -0.2) is 30.0 Å². The average molecular weight is 268 g/mol. The van der Waals surface area contributed by atoms with Crippen molar-refractivity contribution in [2.24, 2.45) is 5.73 Å². The maximum absolute atomic E-state index is 13.6. The number of hydrogen-bond donors (Lipinski definition) is 1. The van der Waals surface area contributed by atoms with Gasteiger partial charge in [-0.25, -0.2) is 4.39 Å². The number of carbonyl (C=O) groups excluding carboxylic acids is 1. The highest BCUT2D eigenvalue weighted by atomic mass is 19.1. The summed E-state index contributed by atoms with van der Waals surface area (Å²) in [6, 6.07) is 4.66. The largest absolute Gasteiger partial charge is 0.494 e. The molecule has 1 rings (SSSR count). The summed E-state index contributed by atoms with van der Waals surface area (Å²) in [5.74, 6) is -0.404. The highest BCUT2D eigenvalue weighted by Crippen LogP contribution is 2.19. The molecule has 0 heterocycles.